The summed E-state index contributed by atoms with van der Waals surface area (Å²) in [6.07, 6.45) is 3.77. The van der Waals surface area contributed by atoms with E-state index < -0.39 is 0 Å². The number of aromatic nitrogens is 1. The molecule has 0 aliphatic heterocycles. The van der Waals surface area contributed by atoms with Gasteiger partial charge < -0.3 is 5.11 Å². The number of phenolic OH excluding ortho intramolecular Hbond substituents is 1. The van der Waals surface area contributed by atoms with Crippen LogP contribution in [-0.2, 0) is 0 Å². The highest BCUT2D eigenvalue weighted by Gasteiger charge is 2.12. The molecule has 1 heterocycles. The standard InChI is InChI=1S/C15H17NO/c1-9-5-13(17)6-10(2)14(9)15-11(3)7-16-8-12(15)4/h5-8,17H,1-4H3. The number of rotatable bonds is 1. The Bertz CT molecular complexity index is 530. The van der Waals surface area contributed by atoms with Crippen molar-refractivity contribution < 1.29 is 5.11 Å². The summed E-state index contributed by atoms with van der Waals surface area (Å²) in [6.45, 7) is 8.20. The van der Waals surface area contributed by atoms with Crippen LogP contribution in [0.4, 0.5) is 0 Å². The van der Waals surface area contributed by atoms with Gasteiger partial charge in [0.2, 0.25) is 0 Å². The molecule has 2 rings (SSSR count). The van der Waals surface area contributed by atoms with Gasteiger partial charge in [0.05, 0.1) is 0 Å². The first-order valence-electron chi connectivity index (χ1n) is 5.72. The van der Waals surface area contributed by atoms with Crippen LogP contribution in [0, 0.1) is 27.7 Å². The Hall–Kier alpha value is -1.83. The van der Waals surface area contributed by atoms with E-state index in [1.807, 2.05) is 38.4 Å². The Morgan fingerprint density at radius 2 is 1.18 bits per heavy atom. The molecule has 0 aliphatic rings. The molecule has 0 spiro atoms. The van der Waals surface area contributed by atoms with Gasteiger partial charge in [-0.05, 0) is 73.2 Å². The molecule has 2 aromatic rings. The van der Waals surface area contributed by atoms with Gasteiger partial charge in [0.25, 0.3) is 0 Å². The molecule has 1 aromatic heterocycles. The lowest BCUT2D eigenvalue weighted by atomic mass is 9.91. The third-order valence-corrected chi connectivity index (χ3v) is 3.09. The molecule has 0 fully saturated rings. The van der Waals surface area contributed by atoms with Crippen molar-refractivity contribution >= 4 is 0 Å². The summed E-state index contributed by atoms with van der Waals surface area (Å²) in [5.41, 5.74) is 6.97. The maximum atomic E-state index is 9.59. The summed E-state index contributed by atoms with van der Waals surface area (Å²) in [4.78, 5) is 4.20. The van der Waals surface area contributed by atoms with Crippen LogP contribution in [-0.4, -0.2) is 10.1 Å². The zero-order chi connectivity index (χ0) is 12.6. The van der Waals surface area contributed by atoms with E-state index in [2.05, 4.69) is 18.8 Å². The first-order valence-corrected chi connectivity index (χ1v) is 5.72. The Morgan fingerprint density at radius 1 is 0.765 bits per heavy atom. The van der Waals surface area contributed by atoms with E-state index in [0.717, 1.165) is 11.1 Å². The normalized spacial score (nSPS) is 10.6. The maximum Gasteiger partial charge on any atom is 0.116 e. The van der Waals surface area contributed by atoms with Crippen LogP contribution in [0.3, 0.4) is 0 Å². The molecular formula is C15H17NO. The van der Waals surface area contributed by atoms with Gasteiger partial charge in [-0.2, -0.15) is 0 Å². The van der Waals surface area contributed by atoms with Crippen LogP contribution < -0.4 is 0 Å². The monoisotopic (exact) mass is 227 g/mol. The number of aryl methyl sites for hydroxylation is 4. The molecule has 17 heavy (non-hydrogen) atoms. The van der Waals surface area contributed by atoms with Gasteiger partial charge in [0.15, 0.2) is 0 Å². The maximum absolute atomic E-state index is 9.59. The summed E-state index contributed by atoms with van der Waals surface area (Å²) >= 11 is 0. The van der Waals surface area contributed by atoms with E-state index >= 15 is 0 Å². The Balaban J connectivity index is 2.77. The molecule has 0 amide bonds. The zero-order valence-electron chi connectivity index (χ0n) is 10.7. The lowest BCUT2D eigenvalue weighted by Gasteiger charge is -2.15. The number of phenols is 1. The second-order valence-electron chi connectivity index (χ2n) is 4.60. The van der Waals surface area contributed by atoms with Crippen molar-refractivity contribution in [2.75, 3.05) is 0 Å². The molecule has 1 aromatic carbocycles. The third-order valence-electron chi connectivity index (χ3n) is 3.09. The highest BCUT2D eigenvalue weighted by molar-refractivity contribution is 5.76. The molecule has 0 saturated carbocycles. The summed E-state index contributed by atoms with van der Waals surface area (Å²) in [5.74, 6) is 0.327. The molecule has 2 heteroatoms. The van der Waals surface area contributed by atoms with Crippen LogP contribution in [0.2, 0.25) is 0 Å². The second-order valence-corrected chi connectivity index (χ2v) is 4.60. The van der Waals surface area contributed by atoms with Crippen molar-refractivity contribution in [3.05, 3.63) is 46.8 Å². The largest absolute Gasteiger partial charge is 0.508 e. The summed E-state index contributed by atoms with van der Waals surface area (Å²) in [7, 11) is 0. The third kappa shape index (κ3) is 2.03. The predicted octanol–water partition coefficient (Wildman–Crippen LogP) is 3.69. The Morgan fingerprint density at radius 3 is 1.65 bits per heavy atom. The van der Waals surface area contributed by atoms with Gasteiger partial charge in [-0.3, -0.25) is 4.98 Å². The molecule has 88 valence electrons. The first kappa shape index (κ1) is 11.6. The SMILES string of the molecule is Cc1cncc(C)c1-c1c(C)cc(O)cc1C. The van der Waals surface area contributed by atoms with Gasteiger partial charge in [-0.15, -0.1) is 0 Å². The fourth-order valence-corrected chi connectivity index (χ4v) is 2.43. The van der Waals surface area contributed by atoms with Crippen molar-refractivity contribution in [1.29, 1.82) is 0 Å². The van der Waals surface area contributed by atoms with Gasteiger partial charge in [-0.1, -0.05) is 0 Å². The van der Waals surface area contributed by atoms with Crippen LogP contribution in [0.1, 0.15) is 22.3 Å². The number of benzene rings is 1. The Labute approximate surface area is 102 Å². The minimum Gasteiger partial charge on any atom is -0.508 e. The van der Waals surface area contributed by atoms with E-state index in [9.17, 15) is 5.11 Å². The topological polar surface area (TPSA) is 33.1 Å². The van der Waals surface area contributed by atoms with Crippen LogP contribution in [0.5, 0.6) is 5.75 Å². The highest BCUT2D eigenvalue weighted by Crippen LogP contribution is 2.34. The first-order chi connectivity index (χ1) is 8.00. The summed E-state index contributed by atoms with van der Waals surface area (Å²) in [5, 5.41) is 9.59. The molecule has 2 nitrogen and oxygen atoms in total. The van der Waals surface area contributed by atoms with Crippen molar-refractivity contribution in [2.45, 2.75) is 27.7 Å². The van der Waals surface area contributed by atoms with Gasteiger partial charge in [-0.25, -0.2) is 0 Å². The fraction of sp³-hybridized carbons (Fsp3) is 0.267. The van der Waals surface area contributed by atoms with Crippen molar-refractivity contribution in [2.24, 2.45) is 0 Å². The van der Waals surface area contributed by atoms with E-state index in [0.29, 0.717) is 5.75 Å². The molecule has 0 atom stereocenters. The average Bonchev–Trinajstić information content (AvgIpc) is 2.21. The molecular weight excluding hydrogens is 210 g/mol. The van der Waals surface area contributed by atoms with Gasteiger partial charge in [0, 0.05) is 12.4 Å². The van der Waals surface area contributed by atoms with E-state index in [1.54, 1.807) is 0 Å². The predicted molar refractivity (Wildman–Crippen MR) is 70.3 cm³/mol. The molecule has 0 unspecified atom stereocenters. The van der Waals surface area contributed by atoms with Crippen molar-refractivity contribution in [3.63, 3.8) is 0 Å². The molecule has 0 bridgehead atoms. The lowest BCUT2D eigenvalue weighted by molar-refractivity contribution is 0.474. The minimum atomic E-state index is 0.327. The van der Waals surface area contributed by atoms with Crippen molar-refractivity contribution in [3.8, 4) is 16.9 Å². The number of aromatic hydroxyl groups is 1. The van der Waals surface area contributed by atoms with E-state index in [4.69, 9.17) is 0 Å². The quantitative estimate of drug-likeness (QED) is 0.806. The van der Waals surface area contributed by atoms with E-state index in [1.165, 1.54) is 22.3 Å². The lowest BCUT2D eigenvalue weighted by Crippen LogP contribution is -1.95. The summed E-state index contributed by atoms with van der Waals surface area (Å²) in [6, 6.07) is 3.61. The minimum absolute atomic E-state index is 0.327. The van der Waals surface area contributed by atoms with Crippen molar-refractivity contribution in [1.82, 2.24) is 4.98 Å². The van der Waals surface area contributed by atoms with Crippen LogP contribution >= 0.6 is 0 Å². The molecule has 0 radical (unpaired) electrons. The number of hydrogen-bond acceptors (Lipinski definition) is 2. The fourth-order valence-electron chi connectivity index (χ4n) is 2.43. The molecule has 0 saturated heterocycles. The Kier molecular flexibility index (Phi) is 2.88. The molecule has 0 aliphatic carbocycles. The van der Waals surface area contributed by atoms with Crippen LogP contribution in [0.15, 0.2) is 24.5 Å². The number of hydrogen-bond donors (Lipinski definition) is 1. The zero-order valence-corrected chi connectivity index (χ0v) is 10.7. The van der Waals surface area contributed by atoms with E-state index in [-0.39, 0.29) is 0 Å². The van der Waals surface area contributed by atoms with Gasteiger partial charge in [0.1, 0.15) is 5.75 Å². The van der Waals surface area contributed by atoms with Crippen LogP contribution in [0.25, 0.3) is 11.1 Å². The smallest absolute Gasteiger partial charge is 0.116 e. The highest BCUT2D eigenvalue weighted by atomic mass is 16.3. The number of nitrogens with zero attached hydrogens (tertiary/aromatic N) is 1. The average molecular weight is 227 g/mol. The number of pyridine rings is 1. The second kappa shape index (κ2) is 4.21. The summed E-state index contributed by atoms with van der Waals surface area (Å²) < 4.78 is 0. The van der Waals surface area contributed by atoms with Gasteiger partial charge >= 0.3 is 0 Å². The molecule has 1 N–H and O–H groups in total.